The third-order valence-corrected chi connectivity index (χ3v) is 1.58. The van der Waals surface area contributed by atoms with Gasteiger partial charge in [0.25, 0.3) is 0 Å². The lowest BCUT2D eigenvalue weighted by Gasteiger charge is -1.93. The van der Waals surface area contributed by atoms with Gasteiger partial charge in [0.2, 0.25) is 0 Å². The van der Waals surface area contributed by atoms with Crippen molar-refractivity contribution in [2.24, 2.45) is 0 Å². The highest BCUT2D eigenvalue weighted by atomic mass is 15.2. The zero-order chi connectivity index (χ0) is 10.4. The second-order valence-electron chi connectivity index (χ2n) is 2.71. The molecule has 0 aliphatic heterocycles. The molecule has 0 atom stereocenters. The van der Waals surface area contributed by atoms with E-state index in [9.17, 15) is 0 Å². The summed E-state index contributed by atoms with van der Waals surface area (Å²) < 4.78 is 0. The predicted octanol–water partition coefficient (Wildman–Crippen LogP) is 2.42. The van der Waals surface area contributed by atoms with Crippen LogP contribution in [0.15, 0.2) is 43.5 Å². The Morgan fingerprint density at radius 3 is 2.57 bits per heavy atom. The minimum atomic E-state index is 0.737. The van der Waals surface area contributed by atoms with E-state index in [1.165, 1.54) is 0 Å². The van der Waals surface area contributed by atoms with Gasteiger partial charge >= 0.3 is 0 Å². The Morgan fingerprint density at radius 2 is 2.07 bits per heavy atom. The van der Waals surface area contributed by atoms with Crippen molar-refractivity contribution in [2.75, 3.05) is 0 Å². The van der Waals surface area contributed by atoms with Crippen molar-refractivity contribution < 1.29 is 0 Å². The molecule has 14 heavy (non-hydrogen) atoms. The largest absolute Gasteiger partial charge is 0.325 e. The Hall–Kier alpha value is -1.90. The fraction of sp³-hybridized carbons (Fsp3) is 0.0909. The van der Waals surface area contributed by atoms with Crippen molar-refractivity contribution in [1.29, 1.82) is 0 Å². The Kier molecular flexibility index (Phi) is 3.61. The van der Waals surface area contributed by atoms with Crippen LogP contribution >= 0.6 is 0 Å². The fourth-order valence-electron chi connectivity index (χ4n) is 0.988. The average Bonchev–Trinajstić information content (AvgIpc) is 2.59. The van der Waals surface area contributed by atoms with Gasteiger partial charge in [0.05, 0.1) is 0 Å². The van der Waals surface area contributed by atoms with Gasteiger partial charge in [-0.05, 0) is 6.92 Å². The molecule has 1 rings (SSSR count). The summed E-state index contributed by atoms with van der Waals surface area (Å²) in [7, 11) is 0. The molecule has 1 aromatic heterocycles. The fourth-order valence-corrected chi connectivity index (χ4v) is 0.988. The van der Waals surface area contributed by atoms with Crippen LogP contribution in [0.5, 0.6) is 0 Å². The number of aromatic nitrogens is 3. The van der Waals surface area contributed by atoms with Crippen LogP contribution < -0.4 is 0 Å². The van der Waals surface area contributed by atoms with E-state index in [0.717, 1.165) is 17.2 Å². The van der Waals surface area contributed by atoms with E-state index in [2.05, 4.69) is 28.3 Å². The van der Waals surface area contributed by atoms with Gasteiger partial charge in [0, 0.05) is 5.57 Å². The topological polar surface area (TPSA) is 41.6 Å². The highest BCUT2D eigenvalue weighted by molar-refractivity contribution is 5.70. The van der Waals surface area contributed by atoms with E-state index in [-0.39, 0.29) is 0 Å². The summed E-state index contributed by atoms with van der Waals surface area (Å²) in [4.78, 5) is 3.05. The lowest BCUT2D eigenvalue weighted by Crippen LogP contribution is -1.83. The van der Waals surface area contributed by atoms with Crippen molar-refractivity contribution in [1.82, 2.24) is 15.2 Å². The normalized spacial score (nSPS) is 11.9. The first-order chi connectivity index (χ1) is 6.77. The smallest absolute Gasteiger partial charge is 0.161 e. The number of hydrogen-bond donors (Lipinski definition) is 1. The molecule has 0 saturated heterocycles. The predicted molar refractivity (Wildman–Crippen MR) is 58.6 cm³/mol. The van der Waals surface area contributed by atoms with Gasteiger partial charge in [-0.2, -0.15) is 0 Å². The number of nitrogens with zero attached hydrogens (tertiary/aromatic N) is 2. The van der Waals surface area contributed by atoms with E-state index >= 15 is 0 Å². The summed E-state index contributed by atoms with van der Waals surface area (Å²) in [5, 5.41) is 7.87. The van der Waals surface area contributed by atoms with Gasteiger partial charge in [-0.25, -0.2) is 0 Å². The van der Waals surface area contributed by atoms with Crippen molar-refractivity contribution in [3.8, 4) is 0 Å². The van der Waals surface area contributed by atoms with Crippen LogP contribution in [0, 0.1) is 6.92 Å². The number of nitrogens with one attached hydrogen (secondary N) is 1. The molecule has 0 radical (unpaired) electrons. The van der Waals surface area contributed by atoms with Crippen molar-refractivity contribution in [2.45, 2.75) is 6.92 Å². The third kappa shape index (κ3) is 2.55. The van der Waals surface area contributed by atoms with Crippen LogP contribution in [0.25, 0.3) is 5.57 Å². The first-order valence-corrected chi connectivity index (χ1v) is 4.29. The number of hydrogen-bond acceptors (Lipinski definition) is 2. The van der Waals surface area contributed by atoms with Crippen molar-refractivity contribution >= 4 is 5.57 Å². The molecule has 0 bridgehead atoms. The van der Waals surface area contributed by atoms with E-state index in [4.69, 9.17) is 0 Å². The molecular weight excluding hydrogens is 174 g/mol. The minimum Gasteiger partial charge on any atom is -0.325 e. The number of aryl methyl sites for hydroxylation is 1. The molecule has 1 aromatic rings. The lowest BCUT2D eigenvalue weighted by atomic mass is 10.2. The van der Waals surface area contributed by atoms with E-state index in [0.29, 0.717) is 0 Å². The maximum Gasteiger partial charge on any atom is 0.161 e. The van der Waals surface area contributed by atoms with Gasteiger partial charge in [0.15, 0.2) is 5.82 Å². The highest BCUT2D eigenvalue weighted by Crippen LogP contribution is 2.10. The van der Waals surface area contributed by atoms with Gasteiger partial charge in [-0.15, -0.1) is 10.2 Å². The van der Waals surface area contributed by atoms with Crippen LogP contribution in [0.3, 0.4) is 0 Å². The number of rotatable bonds is 4. The SMILES string of the molecule is C=C/C=C\C(=C/C=C)c1nnc(C)[nH]1. The number of aromatic amines is 1. The molecule has 0 amide bonds. The van der Waals surface area contributed by atoms with Crippen LogP contribution in [0.2, 0.25) is 0 Å². The van der Waals surface area contributed by atoms with Gasteiger partial charge in [0.1, 0.15) is 5.82 Å². The second kappa shape index (κ2) is 4.97. The van der Waals surface area contributed by atoms with Crippen molar-refractivity contribution in [3.05, 3.63) is 55.2 Å². The van der Waals surface area contributed by atoms with E-state index in [1.807, 2.05) is 25.2 Å². The first kappa shape index (κ1) is 10.2. The van der Waals surface area contributed by atoms with E-state index in [1.54, 1.807) is 12.2 Å². The summed E-state index contributed by atoms with van der Waals surface area (Å²) in [6, 6.07) is 0. The zero-order valence-corrected chi connectivity index (χ0v) is 8.20. The number of H-pyrrole nitrogens is 1. The molecule has 1 N–H and O–H groups in total. The Balaban J connectivity index is 3.00. The molecule has 3 nitrogen and oxygen atoms in total. The maximum atomic E-state index is 3.98. The van der Waals surface area contributed by atoms with Crippen molar-refractivity contribution in [3.63, 3.8) is 0 Å². The Morgan fingerprint density at radius 1 is 1.29 bits per heavy atom. The van der Waals surface area contributed by atoms with Crippen LogP contribution in [-0.2, 0) is 0 Å². The molecule has 0 aromatic carbocycles. The third-order valence-electron chi connectivity index (χ3n) is 1.58. The molecule has 0 fully saturated rings. The van der Waals surface area contributed by atoms with E-state index < -0.39 is 0 Å². The molecule has 0 aliphatic carbocycles. The second-order valence-corrected chi connectivity index (χ2v) is 2.71. The zero-order valence-electron chi connectivity index (χ0n) is 8.20. The molecule has 0 unspecified atom stereocenters. The molecule has 0 spiro atoms. The summed E-state index contributed by atoms with van der Waals surface area (Å²) in [6.07, 6.45) is 9.02. The summed E-state index contributed by atoms with van der Waals surface area (Å²) in [5.74, 6) is 1.53. The summed E-state index contributed by atoms with van der Waals surface area (Å²) in [6.45, 7) is 9.11. The first-order valence-electron chi connectivity index (χ1n) is 4.29. The van der Waals surface area contributed by atoms with Gasteiger partial charge < -0.3 is 4.98 Å². The molecule has 1 heterocycles. The van der Waals surface area contributed by atoms with Gasteiger partial charge in [-0.3, -0.25) is 0 Å². The standard InChI is InChI=1S/C11H13N3/c1-4-6-8-10(7-5-2)11-12-9(3)13-14-11/h4-8H,1-2H2,3H3,(H,12,13,14)/b8-6-,10-7+. The maximum absolute atomic E-state index is 3.98. The summed E-state index contributed by atoms with van der Waals surface area (Å²) >= 11 is 0. The van der Waals surface area contributed by atoms with Crippen LogP contribution in [-0.4, -0.2) is 15.2 Å². The van der Waals surface area contributed by atoms with Gasteiger partial charge in [-0.1, -0.05) is 43.5 Å². The molecular formula is C11H13N3. The monoisotopic (exact) mass is 187 g/mol. The molecule has 0 aliphatic rings. The molecule has 72 valence electrons. The minimum absolute atomic E-state index is 0.737. The quantitative estimate of drug-likeness (QED) is 0.735. The van der Waals surface area contributed by atoms with Crippen LogP contribution in [0.1, 0.15) is 11.6 Å². The Labute approximate surface area is 83.6 Å². The lowest BCUT2D eigenvalue weighted by molar-refractivity contribution is 1.03. The number of allylic oxidation sites excluding steroid dienone is 6. The highest BCUT2D eigenvalue weighted by Gasteiger charge is 2.01. The average molecular weight is 187 g/mol. The molecule has 0 saturated carbocycles. The van der Waals surface area contributed by atoms with Crippen LogP contribution in [0.4, 0.5) is 0 Å². The summed E-state index contributed by atoms with van der Waals surface area (Å²) in [5.41, 5.74) is 0.931. The Bertz CT molecular complexity index is 383. The molecule has 3 heteroatoms.